The molecule has 0 fully saturated rings. The van der Waals surface area contributed by atoms with Crippen molar-refractivity contribution in [3.8, 4) is 0 Å². The van der Waals surface area contributed by atoms with E-state index in [1.54, 1.807) is 6.92 Å². The Kier molecular flexibility index (Phi) is 4.81. The van der Waals surface area contributed by atoms with Crippen LogP contribution in [-0.2, 0) is 4.79 Å². The molecule has 1 amide bonds. The Morgan fingerprint density at radius 1 is 1.64 bits per heavy atom. The molecule has 0 saturated carbocycles. The Morgan fingerprint density at radius 2 is 2.18 bits per heavy atom. The molecule has 0 aliphatic rings. The van der Waals surface area contributed by atoms with Crippen LogP contribution in [0.4, 0.5) is 0 Å². The van der Waals surface area contributed by atoms with Crippen molar-refractivity contribution < 1.29 is 4.79 Å². The van der Waals surface area contributed by atoms with Crippen molar-refractivity contribution in [1.29, 1.82) is 0 Å². The van der Waals surface area contributed by atoms with Crippen LogP contribution in [0.1, 0.15) is 13.8 Å². The van der Waals surface area contributed by atoms with Gasteiger partial charge in [-0.3, -0.25) is 9.69 Å². The van der Waals surface area contributed by atoms with E-state index in [0.29, 0.717) is 6.54 Å². The molecule has 66 valence electrons. The highest BCUT2D eigenvalue weighted by molar-refractivity contribution is 5.79. The Hall–Kier alpha value is -0.610. The molecule has 0 aliphatic carbocycles. The Labute approximate surface area is 67.5 Å². The normalized spacial score (nSPS) is 13.5. The van der Waals surface area contributed by atoms with E-state index in [1.165, 1.54) is 0 Å². The summed E-state index contributed by atoms with van der Waals surface area (Å²) >= 11 is 0. The third kappa shape index (κ3) is 3.34. The van der Waals surface area contributed by atoms with E-state index < -0.39 is 0 Å². The van der Waals surface area contributed by atoms with Crippen molar-refractivity contribution in [3.05, 3.63) is 0 Å². The summed E-state index contributed by atoms with van der Waals surface area (Å²) in [5.74, 6) is -0.291. The first kappa shape index (κ1) is 10.4. The fourth-order valence-corrected chi connectivity index (χ4v) is 0.971. The van der Waals surface area contributed by atoms with Crippen LogP contribution in [0.25, 0.3) is 0 Å². The number of primary amides is 1. The molecule has 0 saturated heterocycles. The zero-order valence-electron chi connectivity index (χ0n) is 7.21. The van der Waals surface area contributed by atoms with E-state index in [9.17, 15) is 4.79 Å². The van der Waals surface area contributed by atoms with Crippen molar-refractivity contribution >= 4 is 5.91 Å². The first-order valence-corrected chi connectivity index (χ1v) is 3.86. The van der Waals surface area contributed by atoms with E-state index in [0.717, 1.165) is 13.1 Å². The van der Waals surface area contributed by atoms with Crippen LogP contribution >= 0.6 is 0 Å². The van der Waals surface area contributed by atoms with Crippen molar-refractivity contribution in [2.24, 2.45) is 11.5 Å². The summed E-state index contributed by atoms with van der Waals surface area (Å²) in [6, 6.07) is -0.205. The fraction of sp³-hybridized carbons (Fsp3) is 0.857. The molecule has 0 rings (SSSR count). The molecule has 0 aromatic heterocycles. The molecule has 1 atom stereocenters. The number of carbonyl (C=O) groups is 1. The number of hydrogen-bond donors (Lipinski definition) is 2. The lowest BCUT2D eigenvalue weighted by Gasteiger charge is -2.24. The van der Waals surface area contributed by atoms with Gasteiger partial charge in [-0.15, -0.1) is 0 Å². The van der Waals surface area contributed by atoms with E-state index in [4.69, 9.17) is 11.5 Å². The van der Waals surface area contributed by atoms with Gasteiger partial charge in [0, 0.05) is 13.1 Å². The molecular weight excluding hydrogens is 142 g/mol. The fourth-order valence-electron chi connectivity index (χ4n) is 0.971. The van der Waals surface area contributed by atoms with Gasteiger partial charge in [0.2, 0.25) is 5.91 Å². The lowest BCUT2D eigenvalue weighted by Crippen LogP contribution is -2.44. The van der Waals surface area contributed by atoms with Gasteiger partial charge in [-0.2, -0.15) is 0 Å². The molecule has 11 heavy (non-hydrogen) atoms. The molecule has 4 nitrogen and oxygen atoms in total. The first-order chi connectivity index (χ1) is 5.13. The molecule has 4 N–H and O–H groups in total. The van der Waals surface area contributed by atoms with Gasteiger partial charge in [0.05, 0.1) is 6.04 Å². The smallest absolute Gasteiger partial charge is 0.234 e. The van der Waals surface area contributed by atoms with Crippen molar-refractivity contribution in [2.45, 2.75) is 19.9 Å². The molecule has 0 heterocycles. The number of amides is 1. The maximum atomic E-state index is 10.7. The predicted octanol–water partition coefficient (Wildman–Crippen LogP) is -0.859. The summed E-state index contributed by atoms with van der Waals surface area (Å²) in [6.45, 7) is 5.87. The average Bonchev–Trinajstić information content (AvgIpc) is 1.98. The molecule has 0 bridgehead atoms. The van der Waals surface area contributed by atoms with Gasteiger partial charge in [-0.1, -0.05) is 6.92 Å². The van der Waals surface area contributed by atoms with Crippen LogP contribution in [0.5, 0.6) is 0 Å². The van der Waals surface area contributed by atoms with E-state index in [1.807, 2.05) is 11.8 Å². The molecule has 0 radical (unpaired) electrons. The summed E-state index contributed by atoms with van der Waals surface area (Å²) in [6.07, 6.45) is 0. The van der Waals surface area contributed by atoms with Crippen LogP contribution < -0.4 is 11.5 Å². The molecule has 0 aromatic rings. The number of carbonyl (C=O) groups excluding carboxylic acids is 1. The summed E-state index contributed by atoms with van der Waals surface area (Å²) in [4.78, 5) is 12.7. The highest BCUT2D eigenvalue weighted by atomic mass is 16.1. The Bertz CT molecular complexity index is 127. The standard InChI is InChI=1S/C7H17N3O/c1-3-10(5-4-8)6(2)7(9)11/h6H,3-5,8H2,1-2H3,(H2,9,11). The highest BCUT2D eigenvalue weighted by Crippen LogP contribution is 1.95. The van der Waals surface area contributed by atoms with Gasteiger partial charge < -0.3 is 11.5 Å². The third-order valence-electron chi connectivity index (χ3n) is 1.78. The predicted molar refractivity (Wildman–Crippen MR) is 45.0 cm³/mol. The Morgan fingerprint density at radius 3 is 2.45 bits per heavy atom. The first-order valence-electron chi connectivity index (χ1n) is 3.86. The third-order valence-corrected chi connectivity index (χ3v) is 1.78. The molecule has 0 aromatic carbocycles. The average molecular weight is 159 g/mol. The van der Waals surface area contributed by atoms with E-state index in [-0.39, 0.29) is 11.9 Å². The summed E-state index contributed by atoms with van der Waals surface area (Å²) in [7, 11) is 0. The van der Waals surface area contributed by atoms with Gasteiger partial charge in [0.1, 0.15) is 0 Å². The quantitative estimate of drug-likeness (QED) is 0.548. The SMILES string of the molecule is CCN(CCN)C(C)C(N)=O. The molecule has 0 spiro atoms. The molecule has 1 unspecified atom stereocenters. The summed E-state index contributed by atoms with van der Waals surface area (Å²) in [5.41, 5.74) is 10.5. The number of likely N-dealkylation sites (N-methyl/N-ethyl adjacent to an activating group) is 1. The summed E-state index contributed by atoms with van der Waals surface area (Å²) in [5, 5.41) is 0. The molecular formula is C7H17N3O. The second kappa shape index (κ2) is 5.09. The van der Waals surface area contributed by atoms with Crippen LogP contribution in [0.15, 0.2) is 0 Å². The zero-order valence-corrected chi connectivity index (χ0v) is 7.21. The minimum Gasteiger partial charge on any atom is -0.368 e. The van der Waals surface area contributed by atoms with E-state index in [2.05, 4.69) is 0 Å². The van der Waals surface area contributed by atoms with Gasteiger partial charge in [-0.25, -0.2) is 0 Å². The molecule has 4 heteroatoms. The highest BCUT2D eigenvalue weighted by Gasteiger charge is 2.15. The maximum Gasteiger partial charge on any atom is 0.234 e. The second-order valence-corrected chi connectivity index (χ2v) is 2.50. The van der Waals surface area contributed by atoms with Gasteiger partial charge >= 0.3 is 0 Å². The van der Waals surface area contributed by atoms with E-state index >= 15 is 0 Å². The van der Waals surface area contributed by atoms with Crippen LogP contribution in [0, 0.1) is 0 Å². The number of nitrogens with two attached hydrogens (primary N) is 2. The summed E-state index contributed by atoms with van der Waals surface area (Å²) < 4.78 is 0. The lowest BCUT2D eigenvalue weighted by atomic mass is 10.2. The Balaban J connectivity index is 3.91. The zero-order chi connectivity index (χ0) is 8.85. The van der Waals surface area contributed by atoms with Crippen molar-refractivity contribution in [1.82, 2.24) is 4.90 Å². The maximum absolute atomic E-state index is 10.7. The van der Waals surface area contributed by atoms with Gasteiger partial charge in [-0.05, 0) is 13.5 Å². The van der Waals surface area contributed by atoms with Gasteiger partial charge in [0.25, 0.3) is 0 Å². The molecule has 0 aliphatic heterocycles. The van der Waals surface area contributed by atoms with Crippen LogP contribution in [-0.4, -0.2) is 36.5 Å². The van der Waals surface area contributed by atoms with Gasteiger partial charge in [0.15, 0.2) is 0 Å². The minimum absolute atomic E-state index is 0.205. The van der Waals surface area contributed by atoms with Crippen molar-refractivity contribution in [3.63, 3.8) is 0 Å². The van der Waals surface area contributed by atoms with Crippen LogP contribution in [0.2, 0.25) is 0 Å². The van der Waals surface area contributed by atoms with Crippen molar-refractivity contribution in [2.75, 3.05) is 19.6 Å². The topological polar surface area (TPSA) is 72.3 Å². The number of rotatable bonds is 5. The lowest BCUT2D eigenvalue weighted by molar-refractivity contribution is -0.122. The minimum atomic E-state index is -0.291. The largest absolute Gasteiger partial charge is 0.368 e. The number of nitrogens with zero attached hydrogens (tertiary/aromatic N) is 1. The van der Waals surface area contributed by atoms with Crippen LogP contribution in [0.3, 0.4) is 0 Å². The second-order valence-electron chi connectivity index (χ2n) is 2.50. The number of hydrogen-bond acceptors (Lipinski definition) is 3. The monoisotopic (exact) mass is 159 g/mol.